The lowest BCUT2D eigenvalue weighted by Crippen LogP contribution is -2.18. The number of hydrogen-bond acceptors (Lipinski definition) is 2. The molecule has 1 amide bonds. The van der Waals surface area contributed by atoms with E-state index >= 15 is 0 Å². The van der Waals surface area contributed by atoms with Gasteiger partial charge in [0.2, 0.25) is 5.91 Å². The van der Waals surface area contributed by atoms with E-state index in [4.69, 9.17) is 0 Å². The summed E-state index contributed by atoms with van der Waals surface area (Å²) in [5.74, 6) is 0.120. The van der Waals surface area contributed by atoms with Crippen molar-refractivity contribution in [3.63, 3.8) is 0 Å². The van der Waals surface area contributed by atoms with Gasteiger partial charge in [-0.3, -0.25) is 9.69 Å². The van der Waals surface area contributed by atoms with Gasteiger partial charge in [0, 0.05) is 18.7 Å². The van der Waals surface area contributed by atoms with Gasteiger partial charge in [-0.2, -0.15) is 0 Å². The number of amides is 1. The zero-order valence-electron chi connectivity index (χ0n) is 11.8. The lowest BCUT2D eigenvalue weighted by Gasteiger charge is -2.14. The van der Waals surface area contributed by atoms with E-state index in [9.17, 15) is 4.79 Å². The van der Waals surface area contributed by atoms with Crippen molar-refractivity contribution in [1.82, 2.24) is 4.90 Å². The molecule has 0 aromatic heterocycles. The van der Waals surface area contributed by atoms with E-state index in [-0.39, 0.29) is 5.91 Å². The lowest BCUT2D eigenvalue weighted by atomic mass is 10.2. The van der Waals surface area contributed by atoms with Gasteiger partial charge in [-0.1, -0.05) is 25.5 Å². The fourth-order valence-electron chi connectivity index (χ4n) is 2.45. The van der Waals surface area contributed by atoms with Gasteiger partial charge in [0.05, 0.1) is 0 Å². The molecule has 0 atom stereocenters. The summed E-state index contributed by atoms with van der Waals surface area (Å²) in [6.07, 6.45) is 5.28. The highest BCUT2D eigenvalue weighted by Crippen LogP contribution is 2.15. The summed E-state index contributed by atoms with van der Waals surface area (Å²) in [5, 5.41) is 2.95. The summed E-state index contributed by atoms with van der Waals surface area (Å²) in [7, 11) is 0. The molecule has 1 saturated heterocycles. The van der Waals surface area contributed by atoms with Crippen LogP contribution in [0.4, 0.5) is 5.69 Å². The molecule has 3 heteroatoms. The fraction of sp³-hybridized carbons (Fsp3) is 0.562. The van der Waals surface area contributed by atoms with Crippen LogP contribution >= 0.6 is 0 Å². The Balaban J connectivity index is 1.82. The number of nitrogens with one attached hydrogen (secondary N) is 1. The Morgan fingerprint density at radius 3 is 2.53 bits per heavy atom. The van der Waals surface area contributed by atoms with Crippen LogP contribution in [0.15, 0.2) is 24.3 Å². The average Bonchev–Trinajstić information content (AvgIpc) is 2.91. The maximum absolute atomic E-state index is 11.6. The van der Waals surface area contributed by atoms with Crippen LogP contribution in [0.3, 0.4) is 0 Å². The normalized spacial score (nSPS) is 15.6. The van der Waals surface area contributed by atoms with Gasteiger partial charge in [-0.25, -0.2) is 0 Å². The van der Waals surface area contributed by atoms with E-state index in [1.807, 2.05) is 12.1 Å². The molecule has 1 N–H and O–H groups in total. The van der Waals surface area contributed by atoms with Gasteiger partial charge >= 0.3 is 0 Å². The number of anilines is 1. The van der Waals surface area contributed by atoms with Crippen molar-refractivity contribution in [3.05, 3.63) is 29.8 Å². The minimum atomic E-state index is 0.120. The first-order valence-corrected chi connectivity index (χ1v) is 7.39. The van der Waals surface area contributed by atoms with E-state index in [2.05, 4.69) is 29.3 Å². The number of unbranched alkanes of at least 4 members (excludes halogenated alkanes) is 1. The molecule has 1 aliphatic rings. The van der Waals surface area contributed by atoms with Gasteiger partial charge in [-0.05, 0) is 50.0 Å². The Hall–Kier alpha value is -1.35. The molecule has 2 rings (SSSR count). The van der Waals surface area contributed by atoms with E-state index < -0.39 is 0 Å². The predicted molar refractivity (Wildman–Crippen MR) is 79.1 cm³/mol. The Kier molecular flexibility index (Phi) is 5.40. The molecule has 1 heterocycles. The van der Waals surface area contributed by atoms with Crippen LogP contribution in [0.2, 0.25) is 0 Å². The van der Waals surface area contributed by atoms with Crippen molar-refractivity contribution in [2.45, 2.75) is 45.6 Å². The molecule has 0 aliphatic carbocycles. The summed E-state index contributed by atoms with van der Waals surface area (Å²) in [6, 6.07) is 8.26. The number of hydrogen-bond donors (Lipinski definition) is 1. The van der Waals surface area contributed by atoms with Crippen LogP contribution < -0.4 is 5.32 Å². The first kappa shape index (κ1) is 14.1. The molecule has 1 aromatic rings. The quantitative estimate of drug-likeness (QED) is 0.850. The molecule has 0 unspecified atom stereocenters. The lowest BCUT2D eigenvalue weighted by molar-refractivity contribution is -0.116. The number of carbonyl (C=O) groups excluding carboxylic acids is 1. The first-order valence-electron chi connectivity index (χ1n) is 7.39. The molecule has 0 saturated carbocycles. The summed E-state index contributed by atoms with van der Waals surface area (Å²) in [4.78, 5) is 14.1. The van der Waals surface area contributed by atoms with Gasteiger partial charge in [0.1, 0.15) is 0 Å². The maximum Gasteiger partial charge on any atom is 0.224 e. The van der Waals surface area contributed by atoms with Crippen LogP contribution in [0.25, 0.3) is 0 Å². The van der Waals surface area contributed by atoms with Crippen LogP contribution in [-0.4, -0.2) is 23.9 Å². The first-order chi connectivity index (χ1) is 9.28. The molecule has 1 fully saturated rings. The van der Waals surface area contributed by atoms with Crippen molar-refractivity contribution >= 4 is 11.6 Å². The average molecular weight is 260 g/mol. The summed E-state index contributed by atoms with van der Waals surface area (Å²) in [5.41, 5.74) is 2.24. The van der Waals surface area contributed by atoms with Gasteiger partial charge in [0.25, 0.3) is 0 Å². The predicted octanol–water partition coefficient (Wildman–Crippen LogP) is 3.41. The second kappa shape index (κ2) is 7.29. The number of benzene rings is 1. The number of likely N-dealkylation sites (tertiary alicyclic amines) is 1. The SMILES string of the molecule is CCCCC(=O)Nc1ccc(CN2CCCC2)cc1. The highest BCUT2D eigenvalue weighted by molar-refractivity contribution is 5.90. The topological polar surface area (TPSA) is 32.3 Å². The van der Waals surface area contributed by atoms with E-state index in [1.54, 1.807) is 0 Å². The molecule has 0 radical (unpaired) electrons. The highest BCUT2D eigenvalue weighted by atomic mass is 16.1. The second-order valence-electron chi connectivity index (χ2n) is 5.33. The zero-order chi connectivity index (χ0) is 13.5. The van der Waals surface area contributed by atoms with E-state index in [1.165, 1.54) is 31.5 Å². The van der Waals surface area contributed by atoms with Crippen LogP contribution in [-0.2, 0) is 11.3 Å². The van der Waals surface area contributed by atoms with Gasteiger partial charge < -0.3 is 5.32 Å². The fourth-order valence-corrected chi connectivity index (χ4v) is 2.45. The van der Waals surface area contributed by atoms with Crippen LogP contribution in [0.1, 0.15) is 44.6 Å². The smallest absolute Gasteiger partial charge is 0.224 e. The molecule has 1 aromatic carbocycles. The zero-order valence-corrected chi connectivity index (χ0v) is 11.8. The molecule has 1 aliphatic heterocycles. The van der Waals surface area contributed by atoms with Crippen LogP contribution in [0.5, 0.6) is 0 Å². The Labute approximate surface area is 116 Å². The minimum absolute atomic E-state index is 0.120. The third kappa shape index (κ3) is 4.67. The van der Waals surface area contributed by atoms with E-state index in [0.29, 0.717) is 6.42 Å². The van der Waals surface area contributed by atoms with Gasteiger partial charge in [-0.15, -0.1) is 0 Å². The Bertz CT molecular complexity index is 394. The third-order valence-electron chi connectivity index (χ3n) is 3.60. The summed E-state index contributed by atoms with van der Waals surface area (Å²) >= 11 is 0. The minimum Gasteiger partial charge on any atom is -0.326 e. The van der Waals surface area contributed by atoms with Crippen molar-refractivity contribution in [3.8, 4) is 0 Å². The van der Waals surface area contributed by atoms with Crippen molar-refractivity contribution < 1.29 is 4.79 Å². The molecule has 0 spiro atoms. The van der Waals surface area contributed by atoms with Crippen molar-refractivity contribution in [2.75, 3.05) is 18.4 Å². The molecule has 104 valence electrons. The summed E-state index contributed by atoms with van der Waals surface area (Å²) in [6.45, 7) is 5.56. The summed E-state index contributed by atoms with van der Waals surface area (Å²) < 4.78 is 0. The Morgan fingerprint density at radius 1 is 1.21 bits per heavy atom. The monoisotopic (exact) mass is 260 g/mol. The Morgan fingerprint density at radius 2 is 1.89 bits per heavy atom. The molecule has 3 nitrogen and oxygen atoms in total. The number of nitrogens with zero attached hydrogens (tertiary/aromatic N) is 1. The maximum atomic E-state index is 11.6. The molecular weight excluding hydrogens is 236 g/mol. The number of carbonyl (C=O) groups is 1. The molecule has 0 bridgehead atoms. The highest BCUT2D eigenvalue weighted by Gasteiger charge is 2.11. The third-order valence-corrected chi connectivity index (χ3v) is 3.60. The molecular formula is C16H24N2O. The van der Waals surface area contributed by atoms with Gasteiger partial charge in [0.15, 0.2) is 0 Å². The standard InChI is InChI=1S/C16H24N2O/c1-2-3-6-16(19)17-15-9-7-14(8-10-15)13-18-11-4-5-12-18/h7-10H,2-6,11-13H2,1H3,(H,17,19). The van der Waals surface area contributed by atoms with Crippen LogP contribution in [0, 0.1) is 0 Å². The van der Waals surface area contributed by atoms with Crippen molar-refractivity contribution in [2.24, 2.45) is 0 Å². The second-order valence-corrected chi connectivity index (χ2v) is 5.33. The molecule has 19 heavy (non-hydrogen) atoms. The number of rotatable bonds is 6. The van der Waals surface area contributed by atoms with Crippen molar-refractivity contribution in [1.29, 1.82) is 0 Å². The van der Waals surface area contributed by atoms with E-state index in [0.717, 1.165) is 25.1 Å². The largest absolute Gasteiger partial charge is 0.326 e.